The lowest BCUT2D eigenvalue weighted by atomic mass is 9.92. The van der Waals surface area contributed by atoms with Crippen LogP contribution < -0.4 is 0 Å². The molecule has 2 heterocycles. The molecule has 118 valence electrons. The van der Waals surface area contributed by atoms with Gasteiger partial charge in [0.15, 0.2) is 0 Å². The summed E-state index contributed by atoms with van der Waals surface area (Å²) in [6.07, 6.45) is 1.65. The Labute approximate surface area is 128 Å². The average Bonchev–Trinajstić information content (AvgIpc) is 2.89. The number of amides is 1. The molecular weight excluding hydrogens is 287 g/mol. The van der Waals surface area contributed by atoms with Crippen LogP contribution in [0.1, 0.15) is 23.2 Å². The van der Waals surface area contributed by atoms with Gasteiger partial charge in [-0.2, -0.15) is 0 Å². The molecule has 1 aromatic carbocycles. The van der Waals surface area contributed by atoms with Gasteiger partial charge in [-0.15, -0.1) is 0 Å². The van der Waals surface area contributed by atoms with Crippen LogP contribution in [0.3, 0.4) is 0 Å². The maximum Gasteiger partial charge on any atom is 0.317 e. The van der Waals surface area contributed by atoms with Gasteiger partial charge in [-0.3, -0.25) is 14.5 Å². The number of fused-ring (bicyclic) bond motifs is 1. The summed E-state index contributed by atoms with van der Waals surface area (Å²) in [4.78, 5) is 27.1. The highest BCUT2D eigenvalue weighted by molar-refractivity contribution is 5.94. The van der Waals surface area contributed by atoms with Gasteiger partial charge in [0.05, 0.1) is 6.54 Å². The van der Waals surface area contributed by atoms with Gasteiger partial charge in [0, 0.05) is 31.2 Å². The van der Waals surface area contributed by atoms with Crippen molar-refractivity contribution < 1.29 is 19.1 Å². The van der Waals surface area contributed by atoms with Crippen LogP contribution in [0.25, 0.3) is 0 Å². The molecule has 2 saturated heterocycles. The lowest BCUT2D eigenvalue weighted by Crippen LogP contribution is -2.48. The van der Waals surface area contributed by atoms with Gasteiger partial charge < -0.3 is 10.0 Å². The van der Waals surface area contributed by atoms with E-state index in [9.17, 15) is 14.0 Å². The van der Waals surface area contributed by atoms with Crippen LogP contribution in [0, 0.1) is 11.7 Å². The zero-order valence-corrected chi connectivity index (χ0v) is 12.2. The Kier molecular flexibility index (Phi) is 4.11. The quantitative estimate of drug-likeness (QED) is 0.918. The summed E-state index contributed by atoms with van der Waals surface area (Å²) in [5.41, 5.74) is 0.383. The van der Waals surface area contributed by atoms with Gasteiger partial charge in [0.25, 0.3) is 5.91 Å². The fraction of sp³-hybridized carbons (Fsp3) is 0.500. The molecule has 1 N–H and O–H groups in total. The minimum atomic E-state index is -0.816. The molecule has 2 aliphatic rings. The predicted octanol–water partition coefficient (Wildman–Crippen LogP) is 1.45. The van der Waals surface area contributed by atoms with Crippen molar-refractivity contribution in [3.63, 3.8) is 0 Å². The molecule has 0 aliphatic carbocycles. The maximum absolute atomic E-state index is 13.3. The number of halogens is 1. The number of nitrogens with zero attached hydrogens (tertiary/aromatic N) is 2. The summed E-state index contributed by atoms with van der Waals surface area (Å²) in [5.74, 6) is -1.04. The Morgan fingerprint density at radius 2 is 2.09 bits per heavy atom. The molecule has 2 aliphatic heterocycles. The van der Waals surface area contributed by atoms with Crippen LogP contribution in [0.15, 0.2) is 24.3 Å². The predicted molar refractivity (Wildman–Crippen MR) is 78.0 cm³/mol. The Bertz CT molecular complexity index is 593. The van der Waals surface area contributed by atoms with Crippen LogP contribution >= 0.6 is 0 Å². The van der Waals surface area contributed by atoms with E-state index in [0.29, 0.717) is 31.1 Å². The molecular formula is C16H19FN2O3. The number of hydrogen-bond acceptors (Lipinski definition) is 3. The molecule has 0 radical (unpaired) electrons. The van der Waals surface area contributed by atoms with Gasteiger partial charge in [-0.1, -0.05) is 6.07 Å². The Morgan fingerprint density at radius 1 is 1.27 bits per heavy atom. The maximum atomic E-state index is 13.3. The molecule has 1 aromatic rings. The van der Waals surface area contributed by atoms with Gasteiger partial charge in [0.2, 0.25) is 0 Å². The third kappa shape index (κ3) is 2.97. The molecule has 6 heteroatoms. The Morgan fingerprint density at radius 3 is 2.82 bits per heavy atom. The minimum absolute atomic E-state index is 0.0566. The molecule has 0 bridgehead atoms. The van der Waals surface area contributed by atoms with Crippen LogP contribution in [0.2, 0.25) is 0 Å². The highest BCUT2D eigenvalue weighted by Gasteiger charge is 2.40. The molecule has 22 heavy (non-hydrogen) atoms. The normalized spacial score (nSPS) is 25.0. The van der Waals surface area contributed by atoms with E-state index in [1.807, 2.05) is 9.80 Å². The van der Waals surface area contributed by atoms with E-state index in [2.05, 4.69) is 0 Å². The van der Waals surface area contributed by atoms with Crippen molar-refractivity contribution in [2.45, 2.75) is 18.9 Å². The van der Waals surface area contributed by atoms with Crippen LogP contribution in [-0.2, 0) is 4.79 Å². The molecule has 2 atom stereocenters. The fourth-order valence-electron chi connectivity index (χ4n) is 3.63. The van der Waals surface area contributed by atoms with Gasteiger partial charge in [0.1, 0.15) is 5.82 Å². The van der Waals surface area contributed by atoms with E-state index < -0.39 is 11.8 Å². The number of aliphatic carboxylic acids is 1. The first-order valence-electron chi connectivity index (χ1n) is 7.55. The lowest BCUT2D eigenvalue weighted by molar-refractivity contribution is -0.138. The molecule has 0 aromatic heterocycles. The van der Waals surface area contributed by atoms with Crippen LogP contribution in [0.5, 0.6) is 0 Å². The number of benzene rings is 1. The number of rotatable bonds is 3. The lowest BCUT2D eigenvalue weighted by Gasteiger charge is -2.37. The molecule has 0 saturated carbocycles. The van der Waals surface area contributed by atoms with Crippen molar-refractivity contribution in [1.82, 2.24) is 9.80 Å². The van der Waals surface area contributed by atoms with Crippen molar-refractivity contribution in [2.24, 2.45) is 5.92 Å². The number of carbonyl (C=O) groups excluding carboxylic acids is 1. The summed E-state index contributed by atoms with van der Waals surface area (Å²) in [7, 11) is 0. The first-order chi connectivity index (χ1) is 10.5. The summed E-state index contributed by atoms with van der Waals surface area (Å²) in [5, 5.41) is 8.88. The zero-order valence-electron chi connectivity index (χ0n) is 12.2. The second-order valence-corrected chi connectivity index (χ2v) is 6.04. The van der Waals surface area contributed by atoms with Crippen molar-refractivity contribution in [1.29, 1.82) is 0 Å². The number of hydrogen-bond donors (Lipinski definition) is 1. The first-order valence-corrected chi connectivity index (χ1v) is 7.55. The van der Waals surface area contributed by atoms with Crippen molar-refractivity contribution in [3.8, 4) is 0 Å². The molecule has 3 rings (SSSR count). The highest BCUT2D eigenvalue weighted by atomic mass is 19.1. The second-order valence-electron chi connectivity index (χ2n) is 6.04. The molecule has 2 fully saturated rings. The monoisotopic (exact) mass is 306 g/mol. The summed E-state index contributed by atoms with van der Waals surface area (Å²) in [6.45, 7) is 2.11. The van der Waals surface area contributed by atoms with Crippen LogP contribution in [-0.4, -0.2) is 59.0 Å². The SMILES string of the molecule is O=C(O)CN1CCC2C(CCN2C(=O)c2cccc(F)c2)C1. The third-order valence-electron chi connectivity index (χ3n) is 4.61. The smallest absolute Gasteiger partial charge is 0.317 e. The largest absolute Gasteiger partial charge is 0.480 e. The van der Waals surface area contributed by atoms with Gasteiger partial charge >= 0.3 is 5.97 Å². The van der Waals surface area contributed by atoms with Crippen molar-refractivity contribution >= 4 is 11.9 Å². The number of piperidine rings is 1. The summed E-state index contributed by atoms with van der Waals surface area (Å²) < 4.78 is 13.3. The number of carboxylic acids is 1. The first kappa shape index (κ1) is 15.0. The van der Waals surface area contributed by atoms with Gasteiger partial charge in [-0.05, 0) is 37.0 Å². The molecule has 0 spiro atoms. The highest BCUT2D eigenvalue weighted by Crippen LogP contribution is 2.32. The molecule has 1 amide bonds. The minimum Gasteiger partial charge on any atom is -0.480 e. The third-order valence-corrected chi connectivity index (χ3v) is 4.61. The number of carbonyl (C=O) groups is 2. The van der Waals surface area contributed by atoms with E-state index in [1.54, 1.807) is 12.1 Å². The zero-order chi connectivity index (χ0) is 15.7. The van der Waals surface area contributed by atoms with Crippen LogP contribution in [0.4, 0.5) is 4.39 Å². The van der Waals surface area contributed by atoms with E-state index >= 15 is 0 Å². The molecule has 2 unspecified atom stereocenters. The van der Waals surface area contributed by atoms with E-state index in [0.717, 1.165) is 12.8 Å². The second kappa shape index (κ2) is 6.04. The summed E-state index contributed by atoms with van der Waals surface area (Å²) >= 11 is 0. The van der Waals surface area contributed by atoms with Gasteiger partial charge in [-0.25, -0.2) is 4.39 Å². The summed E-state index contributed by atoms with van der Waals surface area (Å²) in [6, 6.07) is 5.92. The Balaban J connectivity index is 1.68. The van der Waals surface area contributed by atoms with Crippen molar-refractivity contribution in [2.75, 3.05) is 26.2 Å². The van der Waals surface area contributed by atoms with E-state index in [1.165, 1.54) is 12.1 Å². The van der Waals surface area contributed by atoms with Crippen molar-refractivity contribution in [3.05, 3.63) is 35.6 Å². The number of likely N-dealkylation sites (tertiary alicyclic amines) is 2. The average molecular weight is 306 g/mol. The topological polar surface area (TPSA) is 60.9 Å². The van der Waals surface area contributed by atoms with E-state index in [-0.39, 0.29) is 18.5 Å². The fourth-order valence-corrected chi connectivity index (χ4v) is 3.63. The van der Waals surface area contributed by atoms with E-state index in [4.69, 9.17) is 5.11 Å². The standard InChI is InChI=1S/C16H19FN2O3/c17-13-3-1-2-11(8-13)16(22)19-7-4-12-9-18(10-15(20)21)6-5-14(12)19/h1-3,8,12,14H,4-7,9-10H2,(H,20,21). The Hall–Kier alpha value is -1.95. The number of carboxylic acid groups (broad SMARTS) is 1. The molecule has 5 nitrogen and oxygen atoms in total.